The van der Waals surface area contributed by atoms with Crippen LogP contribution in [-0.2, 0) is 23.8 Å². The van der Waals surface area contributed by atoms with Gasteiger partial charge in [-0.05, 0) is 100 Å². The molecule has 14 nitrogen and oxygen atoms in total. The number of nitrogens with zero attached hydrogens (tertiary/aromatic N) is 4. The van der Waals surface area contributed by atoms with Crippen LogP contribution in [0.15, 0.2) is 49.1 Å². The molecule has 0 aromatic carbocycles. The van der Waals surface area contributed by atoms with Gasteiger partial charge in [-0.3, -0.25) is 4.79 Å². The maximum Gasteiger partial charge on any atom is 0.350 e. The van der Waals surface area contributed by atoms with E-state index >= 15 is 0 Å². The fourth-order valence-electron chi connectivity index (χ4n) is 3.67. The Morgan fingerprint density at radius 3 is 1.73 bits per heavy atom. The van der Waals surface area contributed by atoms with Gasteiger partial charge in [0.2, 0.25) is 0 Å². The molecule has 2 N–H and O–H groups in total. The van der Waals surface area contributed by atoms with E-state index in [2.05, 4.69) is 26.1 Å². The number of hydrogen-bond donors (Lipinski definition) is 2. The number of carbonyl (C=O) groups excluding carboxylic acids is 3. The Labute approximate surface area is 293 Å². The van der Waals surface area contributed by atoms with Gasteiger partial charge in [0.05, 0.1) is 42.4 Å². The summed E-state index contributed by atoms with van der Waals surface area (Å²) in [5.74, 6) is -1.70. The van der Waals surface area contributed by atoms with Crippen LogP contribution < -0.4 is 4.74 Å². The number of rotatable bonds is 7. The highest BCUT2D eigenvalue weighted by atomic mass is 79.9. The van der Waals surface area contributed by atoms with Crippen LogP contribution in [0.5, 0.6) is 11.5 Å². The van der Waals surface area contributed by atoms with Crippen LogP contribution in [0.3, 0.4) is 0 Å². The molecule has 0 fully saturated rings. The number of hydrogen-bond acceptors (Lipinski definition) is 11. The highest BCUT2D eigenvalue weighted by Gasteiger charge is 2.35. The SMILES string of the molecule is CC(C)(C)OC(=O)C(C)(C)Br.CC(C)(C)OC(=O)C(C)(C)Oc1ccc2c(C(=O)O)cnn2c1.CCOC(=O)c1cnn2cc(O)ccc12. The number of alkyl halides is 1. The van der Waals surface area contributed by atoms with Crippen LogP contribution in [-0.4, -0.2) is 81.1 Å². The fourth-order valence-corrected chi connectivity index (χ4v) is 3.75. The molecule has 0 radical (unpaired) electrons. The van der Waals surface area contributed by atoms with Crippen LogP contribution in [0.1, 0.15) is 96.9 Å². The first-order valence-electron chi connectivity index (χ1n) is 15.2. The Bertz CT molecular complexity index is 1790. The molecule has 4 rings (SSSR count). The molecule has 4 heterocycles. The molecule has 4 aromatic rings. The molecule has 0 spiro atoms. The molecule has 0 bridgehead atoms. The number of carboxylic acids is 1. The number of esters is 3. The van der Waals surface area contributed by atoms with Crippen molar-refractivity contribution in [2.24, 2.45) is 0 Å². The van der Waals surface area contributed by atoms with Crippen LogP contribution in [0.2, 0.25) is 0 Å². The van der Waals surface area contributed by atoms with Crippen molar-refractivity contribution >= 4 is 50.8 Å². The molecule has 4 aromatic heterocycles. The molecule has 0 aliphatic rings. The van der Waals surface area contributed by atoms with Crippen LogP contribution in [0.4, 0.5) is 0 Å². The maximum atomic E-state index is 12.2. The third-order valence-corrected chi connectivity index (χ3v) is 6.19. The monoisotopic (exact) mass is 748 g/mol. The first-order valence-corrected chi connectivity index (χ1v) is 16.0. The molecular formula is C34H45BrN4O10. The standard InChI is InChI=1S/C16H20N2O5.C10H10N2O3.C8H15BrO2/c1-15(2,3)23-14(21)16(4,5)22-10-6-7-12-11(13(19)20)8-17-18(12)9-10;1-2-15-10(14)8-5-11-12-6-7(13)3-4-9(8)12;1-7(2,3)11-6(10)8(4,5)9/h6-9H,1-5H3,(H,19,20);3-6,13H,2H2,1H3;1-5H3. The van der Waals surface area contributed by atoms with Crippen molar-refractivity contribution < 1.29 is 48.3 Å². The normalized spacial score (nSPS) is 11.8. The second kappa shape index (κ2) is 15.7. The molecule has 0 aliphatic heterocycles. The molecule has 49 heavy (non-hydrogen) atoms. The minimum atomic E-state index is -1.19. The van der Waals surface area contributed by atoms with E-state index in [9.17, 15) is 24.3 Å². The molecule has 0 saturated carbocycles. The predicted molar refractivity (Wildman–Crippen MR) is 184 cm³/mol. The third kappa shape index (κ3) is 12.4. The summed E-state index contributed by atoms with van der Waals surface area (Å²) < 4.78 is 23.3. The van der Waals surface area contributed by atoms with Crippen molar-refractivity contribution in [3.8, 4) is 11.5 Å². The second-order valence-corrected chi connectivity index (χ2v) is 15.6. The summed E-state index contributed by atoms with van der Waals surface area (Å²) in [6.45, 7) is 19.7. The molecule has 0 amide bonds. The highest BCUT2D eigenvalue weighted by molar-refractivity contribution is 9.10. The van der Waals surface area contributed by atoms with Gasteiger partial charge in [0.25, 0.3) is 0 Å². The van der Waals surface area contributed by atoms with Gasteiger partial charge in [-0.1, -0.05) is 15.9 Å². The molecule has 268 valence electrons. The van der Waals surface area contributed by atoms with Crippen LogP contribution in [0, 0.1) is 0 Å². The Morgan fingerprint density at radius 2 is 1.24 bits per heavy atom. The lowest BCUT2D eigenvalue weighted by molar-refractivity contribution is -0.171. The van der Waals surface area contributed by atoms with Gasteiger partial charge < -0.3 is 29.2 Å². The number of aromatic carboxylic acids is 1. The summed E-state index contributed by atoms with van der Waals surface area (Å²) in [5, 5.41) is 26.2. The molecule has 0 unspecified atom stereocenters. The van der Waals surface area contributed by atoms with Gasteiger partial charge in [-0.25, -0.2) is 23.4 Å². The zero-order chi connectivity index (χ0) is 37.5. The van der Waals surface area contributed by atoms with Gasteiger partial charge in [0.15, 0.2) is 5.60 Å². The number of pyridine rings is 2. The van der Waals surface area contributed by atoms with Gasteiger partial charge in [-0.2, -0.15) is 10.2 Å². The van der Waals surface area contributed by atoms with Crippen molar-refractivity contribution in [1.82, 2.24) is 19.2 Å². The smallest absolute Gasteiger partial charge is 0.350 e. The third-order valence-electron chi connectivity index (χ3n) is 5.86. The number of aromatic hydroxyl groups is 1. The Balaban J connectivity index is 0.000000276. The van der Waals surface area contributed by atoms with E-state index in [0.717, 1.165) is 0 Å². The Morgan fingerprint density at radius 1 is 0.755 bits per heavy atom. The number of carboxylic acid groups (broad SMARTS) is 1. The van der Waals surface area contributed by atoms with Crippen molar-refractivity contribution in [1.29, 1.82) is 0 Å². The summed E-state index contributed by atoms with van der Waals surface area (Å²) in [4.78, 5) is 45.9. The lowest BCUT2D eigenvalue weighted by Gasteiger charge is -2.29. The molecule has 0 saturated heterocycles. The maximum absolute atomic E-state index is 12.2. The predicted octanol–water partition coefficient (Wildman–Crippen LogP) is 6.25. The van der Waals surface area contributed by atoms with Crippen molar-refractivity contribution in [2.45, 2.75) is 97.3 Å². The number of fused-ring (bicyclic) bond motifs is 2. The largest absolute Gasteiger partial charge is 0.506 e. The van der Waals surface area contributed by atoms with E-state index < -0.39 is 39.0 Å². The quantitative estimate of drug-likeness (QED) is 0.123. The van der Waals surface area contributed by atoms with Gasteiger partial charge >= 0.3 is 23.9 Å². The lowest BCUT2D eigenvalue weighted by Crippen LogP contribution is -2.43. The topological polar surface area (TPSA) is 180 Å². The minimum absolute atomic E-state index is 0.0982. The molecule has 15 heteroatoms. The Hall–Kier alpha value is -4.66. The lowest BCUT2D eigenvalue weighted by atomic mass is 10.1. The number of carbonyl (C=O) groups is 4. The van der Waals surface area contributed by atoms with E-state index in [-0.39, 0.29) is 17.3 Å². The van der Waals surface area contributed by atoms with E-state index in [1.165, 1.54) is 39.9 Å². The zero-order valence-corrected chi connectivity index (χ0v) is 31.2. The fraction of sp³-hybridized carbons (Fsp3) is 0.471. The summed E-state index contributed by atoms with van der Waals surface area (Å²) in [7, 11) is 0. The molecule has 0 atom stereocenters. The average Bonchev–Trinajstić information content (AvgIpc) is 3.55. The average molecular weight is 750 g/mol. The van der Waals surface area contributed by atoms with Crippen molar-refractivity contribution in [2.75, 3.05) is 6.61 Å². The number of halogens is 1. The number of aromatic nitrogens is 4. The molecule has 0 aliphatic carbocycles. The first kappa shape index (κ1) is 40.5. The second-order valence-electron chi connectivity index (χ2n) is 13.6. The summed E-state index contributed by atoms with van der Waals surface area (Å²) in [6, 6.07) is 6.29. The van der Waals surface area contributed by atoms with E-state index in [4.69, 9.17) is 24.1 Å². The Kier molecular flexibility index (Phi) is 13.0. The van der Waals surface area contributed by atoms with Crippen LogP contribution >= 0.6 is 15.9 Å². The van der Waals surface area contributed by atoms with Crippen molar-refractivity contribution in [3.05, 3.63) is 60.2 Å². The van der Waals surface area contributed by atoms with E-state index in [1.54, 1.807) is 73.6 Å². The zero-order valence-electron chi connectivity index (χ0n) is 29.7. The molecular weight excluding hydrogens is 704 g/mol. The summed E-state index contributed by atoms with van der Waals surface area (Å²) in [6.07, 6.45) is 5.64. The van der Waals surface area contributed by atoms with E-state index in [0.29, 0.717) is 29.0 Å². The summed E-state index contributed by atoms with van der Waals surface area (Å²) in [5.41, 5.74) is -0.641. The van der Waals surface area contributed by atoms with E-state index in [1.807, 2.05) is 20.8 Å². The minimum Gasteiger partial charge on any atom is -0.506 e. The number of ether oxygens (including phenoxy) is 4. The van der Waals surface area contributed by atoms with Gasteiger partial charge in [-0.15, -0.1) is 0 Å². The van der Waals surface area contributed by atoms with Gasteiger partial charge in [0.1, 0.15) is 38.2 Å². The highest BCUT2D eigenvalue weighted by Crippen LogP contribution is 2.24. The van der Waals surface area contributed by atoms with Gasteiger partial charge in [0, 0.05) is 0 Å². The van der Waals surface area contributed by atoms with Crippen LogP contribution in [0.25, 0.3) is 11.0 Å². The summed E-state index contributed by atoms with van der Waals surface area (Å²) >= 11 is 3.22. The first-order chi connectivity index (χ1) is 22.3. The van der Waals surface area contributed by atoms with Crippen molar-refractivity contribution in [3.63, 3.8) is 0 Å².